The molecule has 2 amide bonds. The topological polar surface area (TPSA) is 53.8 Å². The molecule has 3 rings (SSSR count). The van der Waals surface area contributed by atoms with Crippen molar-refractivity contribution < 1.29 is 14.0 Å². The van der Waals surface area contributed by atoms with Gasteiger partial charge in [-0.25, -0.2) is 0 Å². The summed E-state index contributed by atoms with van der Waals surface area (Å²) in [6.07, 6.45) is 1.85. The molecule has 6 heteroatoms. The zero-order valence-corrected chi connectivity index (χ0v) is 15.0. The first-order valence-corrected chi connectivity index (χ1v) is 8.62. The molecule has 1 aliphatic rings. The van der Waals surface area contributed by atoms with Crippen molar-refractivity contribution in [3.8, 4) is 0 Å². The van der Waals surface area contributed by atoms with Crippen molar-refractivity contribution in [1.82, 2.24) is 9.80 Å². The van der Waals surface area contributed by atoms with Crippen LogP contribution in [-0.2, 0) is 22.7 Å². The molecule has 0 N–H and O–H groups in total. The van der Waals surface area contributed by atoms with Gasteiger partial charge >= 0.3 is 0 Å². The van der Waals surface area contributed by atoms with E-state index in [1.165, 1.54) is 0 Å². The Morgan fingerprint density at radius 2 is 2.12 bits per heavy atom. The highest BCUT2D eigenvalue weighted by Crippen LogP contribution is 2.24. The summed E-state index contributed by atoms with van der Waals surface area (Å²) < 4.78 is 6.26. The second-order valence-electron chi connectivity index (χ2n) is 6.04. The Kier molecular flexibility index (Phi) is 5.04. The minimum atomic E-state index is -0.292. The van der Waals surface area contributed by atoms with Crippen molar-refractivity contribution in [2.45, 2.75) is 19.5 Å². The molecule has 2 heterocycles. The first-order chi connectivity index (χ1) is 11.5. The maximum Gasteiger partial charge on any atom is 0.228 e. The number of halogens is 1. The summed E-state index contributed by atoms with van der Waals surface area (Å²) in [5.41, 5.74) is 1.05. The highest BCUT2D eigenvalue weighted by Gasteiger charge is 2.36. The van der Waals surface area contributed by atoms with Gasteiger partial charge in [-0.15, -0.1) is 0 Å². The lowest BCUT2D eigenvalue weighted by molar-refractivity contribution is -0.135. The molecule has 1 aromatic carbocycles. The zero-order valence-electron chi connectivity index (χ0n) is 13.4. The van der Waals surface area contributed by atoms with E-state index < -0.39 is 0 Å². The monoisotopic (exact) mass is 390 g/mol. The molecular formula is C18H19BrN2O3. The van der Waals surface area contributed by atoms with Crippen LogP contribution in [0.5, 0.6) is 0 Å². The zero-order chi connectivity index (χ0) is 17.1. The van der Waals surface area contributed by atoms with Gasteiger partial charge in [-0.2, -0.15) is 0 Å². The molecule has 0 spiro atoms. The van der Waals surface area contributed by atoms with Gasteiger partial charge in [0.1, 0.15) is 5.76 Å². The smallest absolute Gasteiger partial charge is 0.228 e. The molecule has 0 radical (unpaired) electrons. The number of likely N-dealkylation sites (tertiary alicyclic amines) is 1. The third-order valence-electron chi connectivity index (χ3n) is 4.23. The highest BCUT2D eigenvalue weighted by atomic mass is 79.9. The maximum atomic E-state index is 12.7. The van der Waals surface area contributed by atoms with E-state index in [-0.39, 0.29) is 24.2 Å². The van der Waals surface area contributed by atoms with E-state index in [9.17, 15) is 9.59 Å². The van der Waals surface area contributed by atoms with Crippen molar-refractivity contribution in [3.05, 3.63) is 58.5 Å². The summed E-state index contributed by atoms with van der Waals surface area (Å²) in [6, 6.07) is 11.5. The molecule has 24 heavy (non-hydrogen) atoms. The molecular weight excluding hydrogens is 372 g/mol. The Labute approximate surface area is 149 Å². The Morgan fingerprint density at radius 1 is 1.33 bits per heavy atom. The molecule has 5 nitrogen and oxygen atoms in total. The first kappa shape index (κ1) is 16.8. The van der Waals surface area contributed by atoms with Crippen molar-refractivity contribution in [2.75, 3.05) is 13.6 Å². The average Bonchev–Trinajstić information content (AvgIpc) is 3.20. The average molecular weight is 391 g/mol. The molecule has 1 saturated heterocycles. The van der Waals surface area contributed by atoms with Gasteiger partial charge in [-0.3, -0.25) is 9.59 Å². The predicted molar refractivity (Wildman–Crippen MR) is 92.8 cm³/mol. The van der Waals surface area contributed by atoms with E-state index in [0.717, 1.165) is 15.8 Å². The Bertz CT molecular complexity index is 730. The van der Waals surface area contributed by atoms with E-state index >= 15 is 0 Å². The lowest BCUT2D eigenvalue weighted by Crippen LogP contribution is -2.34. The van der Waals surface area contributed by atoms with Gasteiger partial charge in [0.2, 0.25) is 11.8 Å². The summed E-state index contributed by atoms with van der Waals surface area (Å²) in [5.74, 6) is 0.443. The number of carbonyl (C=O) groups excluding carboxylic acids is 2. The van der Waals surface area contributed by atoms with Crippen molar-refractivity contribution >= 4 is 27.7 Å². The van der Waals surface area contributed by atoms with E-state index in [4.69, 9.17) is 4.42 Å². The largest absolute Gasteiger partial charge is 0.467 e. The molecule has 1 aromatic heterocycles. The fourth-order valence-electron chi connectivity index (χ4n) is 2.95. The lowest BCUT2D eigenvalue weighted by atomic mass is 10.1. The molecule has 1 atom stereocenters. The number of benzene rings is 1. The number of carbonyl (C=O) groups is 2. The normalized spacial score (nSPS) is 17.3. The third kappa shape index (κ3) is 3.70. The van der Waals surface area contributed by atoms with Gasteiger partial charge in [0.25, 0.3) is 0 Å². The predicted octanol–water partition coefficient (Wildman–Crippen LogP) is 3.05. The van der Waals surface area contributed by atoms with Crippen LogP contribution in [0.2, 0.25) is 0 Å². The molecule has 0 saturated carbocycles. The molecule has 0 bridgehead atoms. The molecule has 1 fully saturated rings. The van der Waals surface area contributed by atoms with Crippen molar-refractivity contribution in [1.29, 1.82) is 0 Å². The van der Waals surface area contributed by atoms with Crippen molar-refractivity contribution in [3.63, 3.8) is 0 Å². The van der Waals surface area contributed by atoms with Crippen LogP contribution in [-0.4, -0.2) is 35.2 Å². The number of amides is 2. The van der Waals surface area contributed by atoms with Gasteiger partial charge < -0.3 is 14.2 Å². The number of hydrogen-bond acceptors (Lipinski definition) is 3. The molecule has 1 aliphatic heterocycles. The molecule has 126 valence electrons. The van der Waals surface area contributed by atoms with Crippen LogP contribution < -0.4 is 0 Å². The highest BCUT2D eigenvalue weighted by molar-refractivity contribution is 9.10. The first-order valence-electron chi connectivity index (χ1n) is 7.83. The van der Waals surface area contributed by atoms with E-state index in [2.05, 4.69) is 15.9 Å². The van der Waals surface area contributed by atoms with Gasteiger partial charge in [0.05, 0.1) is 18.7 Å². The van der Waals surface area contributed by atoms with Crippen LogP contribution in [0.3, 0.4) is 0 Å². The van der Waals surface area contributed by atoms with Gasteiger partial charge in [0, 0.05) is 31.0 Å². The summed E-state index contributed by atoms with van der Waals surface area (Å²) in [5, 5.41) is 0. The Balaban J connectivity index is 1.61. The number of furan rings is 1. The fourth-order valence-corrected chi connectivity index (χ4v) is 3.36. The summed E-state index contributed by atoms with van der Waals surface area (Å²) in [6.45, 7) is 1.38. The molecule has 2 aromatic rings. The van der Waals surface area contributed by atoms with Crippen LogP contribution in [0.25, 0.3) is 0 Å². The standard InChI is InChI=1S/C18H19BrN2O3/c1-20(10-13-5-2-3-7-16(13)19)18(23)14-9-17(22)21(11-14)12-15-6-4-8-24-15/h2-8,14H,9-12H2,1H3. The number of rotatable bonds is 5. The van der Waals surface area contributed by atoms with Gasteiger partial charge in [-0.1, -0.05) is 34.1 Å². The fraction of sp³-hybridized carbons (Fsp3) is 0.333. The van der Waals surface area contributed by atoms with Crippen LogP contribution >= 0.6 is 15.9 Å². The van der Waals surface area contributed by atoms with Gasteiger partial charge in [-0.05, 0) is 23.8 Å². The minimum Gasteiger partial charge on any atom is -0.467 e. The van der Waals surface area contributed by atoms with Crippen LogP contribution in [0, 0.1) is 5.92 Å². The Hall–Kier alpha value is -2.08. The van der Waals surface area contributed by atoms with Crippen LogP contribution in [0.4, 0.5) is 0 Å². The summed E-state index contributed by atoms with van der Waals surface area (Å²) >= 11 is 3.50. The van der Waals surface area contributed by atoms with Crippen LogP contribution in [0.1, 0.15) is 17.7 Å². The molecule has 1 unspecified atom stereocenters. The number of nitrogens with zero attached hydrogens (tertiary/aromatic N) is 2. The second kappa shape index (κ2) is 7.21. The van der Waals surface area contributed by atoms with E-state index in [0.29, 0.717) is 19.6 Å². The molecule has 0 aliphatic carbocycles. The van der Waals surface area contributed by atoms with Crippen LogP contribution in [0.15, 0.2) is 51.6 Å². The Morgan fingerprint density at radius 3 is 2.83 bits per heavy atom. The number of hydrogen-bond donors (Lipinski definition) is 0. The van der Waals surface area contributed by atoms with Crippen molar-refractivity contribution in [2.24, 2.45) is 5.92 Å². The maximum absolute atomic E-state index is 12.7. The summed E-state index contributed by atoms with van der Waals surface area (Å²) in [4.78, 5) is 28.2. The second-order valence-corrected chi connectivity index (χ2v) is 6.89. The van der Waals surface area contributed by atoms with E-state index in [1.54, 1.807) is 29.2 Å². The SMILES string of the molecule is CN(Cc1ccccc1Br)C(=O)C1CC(=O)N(Cc2ccco2)C1. The minimum absolute atomic E-state index is 0.000887. The van der Waals surface area contributed by atoms with E-state index in [1.807, 2.05) is 30.3 Å². The lowest BCUT2D eigenvalue weighted by Gasteiger charge is -2.22. The summed E-state index contributed by atoms with van der Waals surface area (Å²) in [7, 11) is 1.78. The quantitative estimate of drug-likeness (QED) is 0.788. The third-order valence-corrected chi connectivity index (χ3v) is 5.01. The van der Waals surface area contributed by atoms with Gasteiger partial charge in [0.15, 0.2) is 0 Å².